The van der Waals surface area contributed by atoms with Gasteiger partial charge < -0.3 is 9.13 Å². The van der Waals surface area contributed by atoms with Crippen LogP contribution in [0.4, 0.5) is 0 Å². The van der Waals surface area contributed by atoms with Crippen LogP contribution in [0.2, 0.25) is 0 Å². The van der Waals surface area contributed by atoms with Gasteiger partial charge in [-0.3, -0.25) is 0 Å². The monoisotopic (exact) mass is 590 g/mol. The lowest BCUT2D eigenvalue weighted by atomic mass is 9.93. The fourth-order valence-corrected chi connectivity index (χ4v) is 8.56. The standard InChI is InChI=1S/C42H26N2S/c1-2-13-29-28(12-1)30-14-3-9-21-38(30)44-39-25-24-27(43-36-19-7-4-15-31(36)32-16-5-8-20-37(32)43)26-35(39)34-18-11-23-41(42(34)44)45-40-22-10-6-17-33(29)40/h1-26H. The second kappa shape index (κ2) is 9.49. The molecule has 1 aliphatic heterocycles. The second-order valence-electron chi connectivity index (χ2n) is 11.7. The molecule has 0 radical (unpaired) electrons. The Morgan fingerprint density at radius 3 is 1.69 bits per heavy atom. The minimum atomic E-state index is 1.17. The van der Waals surface area contributed by atoms with E-state index in [4.69, 9.17) is 0 Å². The fourth-order valence-electron chi connectivity index (χ4n) is 7.44. The molecule has 210 valence electrons. The van der Waals surface area contributed by atoms with E-state index in [1.807, 2.05) is 11.8 Å². The molecule has 0 saturated carbocycles. The molecule has 2 aromatic heterocycles. The van der Waals surface area contributed by atoms with Gasteiger partial charge in [0.15, 0.2) is 0 Å². The number of para-hydroxylation sites is 4. The summed E-state index contributed by atoms with van der Waals surface area (Å²) in [6, 6.07) is 57.9. The largest absolute Gasteiger partial charge is 0.309 e. The first-order chi connectivity index (χ1) is 22.3. The van der Waals surface area contributed by atoms with E-state index in [2.05, 4.69) is 167 Å². The molecule has 1 aliphatic rings. The Morgan fingerprint density at radius 1 is 0.356 bits per heavy atom. The van der Waals surface area contributed by atoms with Crippen LogP contribution in [-0.2, 0) is 0 Å². The molecule has 0 unspecified atom stereocenters. The van der Waals surface area contributed by atoms with Crippen molar-refractivity contribution >= 4 is 55.4 Å². The first-order valence-electron chi connectivity index (χ1n) is 15.4. The predicted octanol–water partition coefficient (Wildman–Crippen LogP) is 11.7. The van der Waals surface area contributed by atoms with Crippen LogP contribution >= 0.6 is 11.8 Å². The number of benzene rings is 7. The van der Waals surface area contributed by atoms with Gasteiger partial charge in [0, 0.05) is 42.6 Å². The summed E-state index contributed by atoms with van der Waals surface area (Å²) in [5.41, 5.74) is 12.3. The molecule has 2 nitrogen and oxygen atoms in total. The van der Waals surface area contributed by atoms with Crippen LogP contribution in [0.3, 0.4) is 0 Å². The van der Waals surface area contributed by atoms with Crippen molar-refractivity contribution in [3.05, 3.63) is 158 Å². The van der Waals surface area contributed by atoms with E-state index < -0.39 is 0 Å². The summed E-state index contributed by atoms with van der Waals surface area (Å²) < 4.78 is 4.92. The Balaban J connectivity index is 1.34. The topological polar surface area (TPSA) is 9.86 Å². The van der Waals surface area contributed by atoms with Gasteiger partial charge in [0.05, 0.1) is 27.8 Å². The van der Waals surface area contributed by atoms with Crippen molar-refractivity contribution in [1.82, 2.24) is 9.13 Å². The molecule has 0 atom stereocenters. The Bertz CT molecular complexity index is 2580. The third kappa shape index (κ3) is 3.53. The highest BCUT2D eigenvalue weighted by atomic mass is 32.2. The first kappa shape index (κ1) is 24.9. The van der Waals surface area contributed by atoms with E-state index in [1.54, 1.807) is 0 Å². The highest BCUT2D eigenvalue weighted by Crippen LogP contribution is 2.48. The van der Waals surface area contributed by atoms with E-state index in [9.17, 15) is 0 Å². The van der Waals surface area contributed by atoms with E-state index in [0.29, 0.717) is 0 Å². The number of rotatable bonds is 1. The molecule has 0 bridgehead atoms. The van der Waals surface area contributed by atoms with Gasteiger partial charge in [0.1, 0.15) is 0 Å². The zero-order chi connectivity index (χ0) is 29.5. The van der Waals surface area contributed by atoms with Crippen LogP contribution < -0.4 is 0 Å². The maximum absolute atomic E-state index is 2.50. The lowest BCUT2D eigenvalue weighted by molar-refractivity contribution is 1.15. The maximum atomic E-state index is 2.50. The minimum absolute atomic E-state index is 1.17. The van der Waals surface area contributed by atoms with Crippen molar-refractivity contribution in [2.24, 2.45) is 0 Å². The fraction of sp³-hybridized carbons (Fsp3) is 0. The molecule has 0 aliphatic carbocycles. The summed E-state index contributed by atoms with van der Waals surface area (Å²) in [7, 11) is 0. The van der Waals surface area contributed by atoms with Crippen molar-refractivity contribution in [1.29, 1.82) is 0 Å². The van der Waals surface area contributed by atoms with Gasteiger partial charge in [-0.1, -0.05) is 121 Å². The molecule has 3 heteroatoms. The molecule has 3 heterocycles. The van der Waals surface area contributed by atoms with Gasteiger partial charge in [-0.05, 0) is 65.2 Å². The number of nitrogens with zero attached hydrogens (tertiary/aromatic N) is 2. The molecular formula is C42H26N2S. The van der Waals surface area contributed by atoms with E-state index in [-0.39, 0.29) is 0 Å². The van der Waals surface area contributed by atoms with Gasteiger partial charge in [0.25, 0.3) is 0 Å². The minimum Gasteiger partial charge on any atom is -0.309 e. The number of fused-ring (bicyclic) bond motifs is 12. The zero-order valence-electron chi connectivity index (χ0n) is 24.3. The summed E-state index contributed by atoms with van der Waals surface area (Å²) in [6.45, 7) is 0. The number of hydrogen-bond donors (Lipinski definition) is 0. The summed E-state index contributed by atoms with van der Waals surface area (Å²) in [4.78, 5) is 2.52. The van der Waals surface area contributed by atoms with Crippen molar-refractivity contribution in [3.8, 4) is 33.6 Å². The average Bonchev–Trinajstić information content (AvgIpc) is 3.62. The van der Waals surface area contributed by atoms with Crippen LogP contribution in [-0.4, -0.2) is 9.13 Å². The van der Waals surface area contributed by atoms with Gasteiger partial charge >= 0.3 is 0 Å². The highest BCUT2D eigenvalue weighted by Gasteiger charge is 2.23. The summed E-state index contributed by atoms with van der Waals surface area (Å²) in [6.07, 6.45) is 0. The lowest BCUT2D eigenvalue weighted by Gasteiger charge is -2.21. The maximum Gasteiger partial charge on any atom is 0.0680 e. The quantitative estimate of drug-likeness (QED) is 0.185. The molecule has 0 saturated heterocycles. The van der Waals surface area contributed by atoms with Crippen molar-refractivity contribution in [2.75, 3.05) is 0 Å². The zero-order valence-corrected chi connectivity index (χ0v) is 25.1. The van der Waals surface area contributed by atoms with Gasteiger partial charge in [-0.15, -0.1) is 0 Å². The molecule has 0 spiro atoms. The van der Waals surface area contributed by atoms with E-state index in [0.717, 1.165) is 0 Å². The summed E-state index contributed by atoms with van der Waals surface area (Å²) in [5.74, 6) is 0. The van der Waals surface area contributed by atoms with E-state index >= 15 is 0 Å². The third-order valence-electron chi connectivity index (χ3n) is 9.33. The lowest BCUT2D eigenvalue weighted by Crippen LogP contribution is -2.00. The first-order valence-corrected chi connectivity index (χ1v) is 16.2. The summed E-state index contributed by atoms with van der Waals surface area (Å²) >= 11 is 1.86. The molecule has 0 fully saturated rings. The van der Waals surface area contributed by atoms with Gasteiger partial charge in [-0.2, -0.15) is 0 Å². The molecule has 0 N–H and O–H groups in total. The molecule has 45 heavy (non-hydrogen) atoms. The Morgan fingerprint density at radius 2 is 0.911 bits per heavy atom. The third-order valence-corrected chi connectivity index (χ3v) is 10.5. The number of aromatic nitrogens is 2. The molecule has 9 aromatic rings. The Kier molecular flexibility index (Phi) is 5.25. The van der Waals surface area contributed by atoms with Crippen molar-refractivity contribution in [2.45, 2.75) is 9.79 Å². The second-order valence-corrected chi connectivity index (χ2v) is 12.8. The molecule has 7 aromatic carbocycles. The van der Waals surface area contributed by atoms with Crippen molar-refractivity contribution in [3.63, 3.8) is 0 Å². The van der Waals surface area contributed by atoms with Crippen LogP contribution in [0.15, 0.2) is 168 Å². The van der Waals surface area contributed by atoms with Crippen LogP contribution in [0, 0.1) is 0 Å². The number of hydrogen-bond acceptors (Lipinski definition) is 1. The van der Waals surface area contributed by atoms with Crippen LogP contribution in [0.1, 0.15) is 0 Å². The Labute approximate surface area is 264 Å². The normalized spacial score (nSPS) is 12.4. The van der Waals surface area contributed by atoms with Gasteiger partial charge in [-0.25, -0.2) is 0 Å². The van der Waals surface area contributed by atoms with Gasteiger partial charge in [0.2, 0.25) is 0 Å². The molecule has 10 rings (SSSR count). The SMILES string of the molecule is c1ccc2c(c1)Sc1cccc3c4cc(-n5c6ccccc6c6ccccc65)ccc4n(c13)-c1ccccc1-c1ccccc1-2. The average molecular weight is 591 g/mol. The smallest absolute Gasteiger partial charge is 0.0680 e. The Hall–Kier alpha value is -5.51. The van der Waals surface area contributed by atoms with Crippen molar-refractivity contribution < 1.29 is 0 Å². The molecule has 0 amide bonds. The van der Waals surface area contributed by atoms with Crippen LogP contribution in [0.25, 0.3) is 77.2 Å². The molecular weight excluding hydrogens is 565 g/mol. The predicted molar refractivity (Wildman–Crippen MR) is 190 cm³/mol. The highest BCUT2D eigenvalue weighted by molar-refractivity contribution is 7.99. The van der Waals surface area contributed by atoms with Crippen LogP contribution in [0.5, 0.6) is 0 Å². The van der Waals surface area contributed by atoms with E-state index in [1.165, 1.54) is 87.0 Å². The summed E-state index contributed by atoms with van der Waals surface area (Å²) in [5, 5.41) is 5.07.